The summed E-state index contributed by atoms with van der Waals surface area (Å²) in [6, 6.07) is 4.61. The Labute approximate surface area is 159 Å². The first kappa shape index (κ1) is 21.0. The van der Waals surface area contributed by atoms with Crippen molar-refractivity contribution in [2.45, 2.75) is 19.4 Å². The van der Waals surface area contributed by atoms with Gasteiger partial charge in [0.2, 0.25) is 15.9 Å². The summed E-state index contributed by atoms with van der Waals surface area (Å²) in [7, 11) is -0.181. The van der Waals surface area contributed by atoms with Gasteiger partial charge in [0.25, 0.3) is 0 Å². The molecule has 1 saturated heterocycles. The van der Waals surface area contributed by atoms with Crippen molar-refractivity contribution >= 4 is 22.0 Å². The zero-order chi connectivity index (χ0) is 20.0. The Morgan fingerprint density at radius 2 is 1.85 bits per heavy atom. The lowest BCUT2D eigenvalue weighted by molar-refractivity contribution is -0.124. The van der Waals surface area contributed by atoms with Gasteiger partial charge in [-0.25, -0.2) is 17.5 Å². The van der Waals surface area contributed by atoms with Crippen LogP contribution in [0, 0.1) is 5.92 Å². The summed E-state index contributed by atoms with van der Waals surface area (Å²) in [5, 5.41) is 4.93. The molecular formula is C17H25N3O6S. The summed E-state index contributed by atoms with van der Waals surface area (Å²) in [5.41, 5.74) is 0.738. The number of piperidine rings is 1. The molecule has 0 saturated carbocycles. The molecule has 0 radical (unpaired) electrons. The summed E-state index contributed by atoms with van der Waals surface area (Å²) in [5.74, 6) is 0.413. The summed E-state index contributed by atoms with van der Waals surface area (Å²) in [6.45, 7) is 0.738. The highest BCUT2D eigenvalue weighted by Crippen LogP contribution is 2.24. The van der Waals surface area contributed by atoms with Gasteiger partial charge >= 0.3 is 6.03 Å². The number of hydrogen-bond acceptors (Lipinski definition) is 6. The number of nitrogens with zero attached hydrogens (tertiary/aromatic N) is 1. The van der Waals surface area contributed by atoms with Gasteiger partial charge in [0.05, 0.1) is 20.5 Å². The molecule has 150 valence electrons. The van der Waals surface area contributed by atoms with Crippen LogP contribution in [0.3, 0.4) is 0 Å². The van der Waals surface area contributed by atoms with E-state index in [1.807, 2.05) is 0 Å². The van der Waals surface area contributed by atoms with Crippen LogP contribution in [-0.2, 0) is 21.4 Å². The van der Waals surface area contributed by atoms with E-state index in [1.54, 1.807) is 25.3 Å². The van der Waals surface area contributed by atoms with Gasteiger partial charge in [0.1, 0.15) is 11.5 Å². The third-order valence-corrected chi connectivity index (χ3v) is 5.77. The molecule has 1 aromatic carbocycles. The van der Waals surface area contributed by atoms with Crippen LogP contribution in [0.2, 0.25) is 0 Å². The van der Waals surface area contributed by atoms with Crippen LogP contribution in [0.4, 0.5) is 4.79 Å². The second-order valence-corrected chi connectivity index (χ2v) is 8.27. The monoisotopic (exact) mass is 399 g/mol. The molecule has 1 heterocycles. The highest BCUT2D eigenvalue weighted by atomic mass is 32.2. The van der Waals surface area contributed by atoms with Gasteiger partial charge in [0, 0.05) is 37.2 Å². The maximum absolute atomic E-state index is 12.2. The van der Waals surface area contributed by atoms with Gasteiger partial charge in [-0.3, -0.25) is 10.1 Å². The minimum Gasteiger partial charge on any atom is -0.497 e. The predicted molar refractivity (Wildman–Crippen MR) is 99.1 cm³/mol. The number of imide groups is 1. The molecule has 1 fully saturated rings. The standard InChI is InChI=1S/C17H25N3O6S/c1-25-14-5-4-13(15(10-14)26-2)11-18-17(22)19-16(21)12-6-8-20(9-7-12)27(3,23)24/h4-5,10,12H,6-9,11H2,1-3H3,(H2,18,19,21,22). The van der Waals surface area contributed by atoms with Gasteiger partial charge in [-0.1, -0.05) is 0 Å². The van der Waals surface area contributed by atoms with Crippen LogP contribution in [-0.4, -0.2) is 58.2 Å². The lowest BCUT2D eigenvalue weighted by Gasteiger charge is -2.29. The lowest BCUT2D eigenvalue weighted by Crippen LogP contribution is -2.46. The molecule has 1 aliphatic rings. The highest BCUT2D eigenvalue weighted by Gasteiger charge is 2.29. The Kier molecular flexibility index (Phi) is 7.03. The Bertz CT molecular complexity index is 788. The number of hydrogen-bond donors (Lipinski definition) is 2. The molecule has 2 rings (SSSR count). The van der Waals surface area contributed by atoms with Gasteiger partial charge in [-0.2, -0.15) is 0 Å². The Morgan fingerprint density at radius 1 is 1.19 bits per heavy atom. The topological polar surface area (TPSA) is 114 Å². The van der Waals surface area contributed by atoms with Crippen LogP contribution < -0.4 is 20.1 Å². The second kappa shape index (κ2) is 9.05. The largest absolute Gasteiger partial charge is 0.497 e. The van der Waals surface area contributed by atoms with Crippen molar-refractivity contribution in [2.75, 3.05) is 33.6 Å². The van der Waals surface area contributed by atoms with Crippen molar-refractivity contribution < 1.29 is 27.5 Å². The van der Waals surface area contributed by atoms with Crippen LogP contribution in [0.15, 0.2) is 18.2 Å². The number of carbonyl (C=O) groups excluding carboxylic acids is 2. The number of ether oxygens (including phenoxy) is 2. The zero-order valence-corrected chi connectivity index (χ0v) is 16.5. The van der Waals surface area contributed by atoms with Crippen molar-refractivity contribution in [3.63, 3.8) is 0 Å². The third kappa shape index (κ3) is 5.83. The van der Waals surface area contributed by atoms with Crippen LogP contribution in [0.1, 0.15) is 18.4 Å². The SMILES string of the molecule is COc1ccc(CNC(=O)NC(=O)C2CCN(S(C)(=O)=O)CC2)c(OC)c1. The number of rotatable bonds is 6. The maximum atomic E-state index is 12.2. The average Bonchev–Trinajstić information content (AvgIpc) is 2.65. The van der Waals surface area contributed by atoms with Crippen LogP contribution in [0.25, 0.3) is 0 Å². The number of sulfonamides is 1. The van der Waals surface area contributed by atoms with Crippen molar-refractivity contribution in [3.05, 3.63) is 23.8 Å². The van der Waals surface area contributed by atoms with E-state index >= 15 is 0 Å². The molecule has 0 atom stereocenters. The highest BCUT2D eigenvalue weighted by molar-refractivity contribution is 7.88. The van der Waals surface area contributed by atoms with Crippen molar-refractivity contribution in [1.29, 1.82) is 0 Å². The van der Waals surface area contributed by atoms with E-state index in [1.165, 1.54) is 11.4 Å². The fraction of sp³-hybridized carbons (Fsp3) is 0.529. The van der Waals surface area contributed by atoms with Crippen molar-refractivity contribution in [2.24, 2.45) is 5.92 Å². The van der Waals surface area contributed by atoms with Crippen LogP contribution in [0.5, 0.6) is 11.5 Å². The van der Waals surface area contributed by atoms with Crippen molar-refractivity contribution in [3.8, 4) is 11.5 Å². The van der Waals surface area contributed by atoms with E-state index in [2.05, 4.69) is 10.6 Å². The zero-order valence-electron chi connectivity index (χ0n) is 15.6. The Hall–Kier alpha value is -2.33. The third-order valence-electron chi connectivity index (χ3n) is 4.46. The molecule has 27 heavy (non-hydrogen) atoms. The molecule has 10 heteroatoms. The molecule has 0 spiro atoms. The molecule has 2 N–H and O–H groups in total. The number of urea groups is 1. The Morgan fingerprint density at radius 3 is 2.41 bits per heavy atom. The first-order valence-electron chi connectivity index (χ1n) is 8.49. The van der Waals surface area contributed by atoms with Gasteiger partial charge in [-0.15, -0.1) is 0 Å². The minimum absolute atomic E-state index is 0.179. The van der Waals surface area contributed by atoms with Gasteiger partial charge in [0.15, 0.2) is 0 Å². The van der Waals surface area contributed by atoms with E-state index in [0.717, 1.165) is 11.8 Å². The number of benzene rings is 1. The molecule has 3 amide bonds. The van der Waals surface area contributed by atoms with Gasteiger partial charge < -0.3 is 14.8 Å². The van der Waals surface area contributed by atoms with E-state index in [9.17, 15) is 18.0 Å². The Balaban J connectivity index is 1.83. The predicted octanol–water partition coefficient (Wildman–Crippen LogP) is 0.701. The molecule has 1 aromatic rings. The fourth-order valence-corrected chi connectivity index (χ4v) is 3.76. The van der Waals surface area contributed by atoms with Crippen molar-refractivity contribution in [1.82, 2.24) is 14.9 Å². The van der Waals surface area contributed by atoms with E-state index < -0.39 is 22.0 Å². The van der Waals surface area contributed by atoms with E-state index in [0.29, 0.717) is 24.3 Å². The van der Waals surface area contributed by atoms with E-state index in [4.69, 9.17) is 9.47 Å². The molecule has 0 aliphatic carbocycles. The number of methoxy groups -OCH3 is 2. The smallest absolute Gasteiger partial charge is 0.321 e. The molecule has 1 aliphatic heterocycles. The molecular weight excluding hydrogens is 374 g/mol. The molecule has 0 bridgehead atoms. The number of carbonyl (C=O) groups is 2. The molecule has 0 aromatic heterocycles. The first-order chi connectivity index (χ1) is 12.7. The number of nitrogens with one attached hydrogen (secondary N) is 2. The maximum Gasteiger partial charge on any atom is 0.321 e. The first-order valence-corrected chi connectivity index (χ1v) is 10.3. The minimum atomic E-state index is -3.25. The normalized spacial score (nSPS) is 15.8. The quantitative estimate of drug-likeness (QED) is 0.728. The average molecular weight is 399 g/mol. The molecule has 0 unspecified atom stereocenters. The second-order valence-electron chi connectivity index (χ2n) is 6.29. The van der Waals surface area contributed by atoms with Gasteiger partial charge in [-0.05, 0) is 25.0 Å². The summed E-state index contributed by atoms with van der Waals surface area (Å²) < 4.78 is 34.7. The fourth-order valence-electron chi connectivity index (χ4n) is 2.88. The summed E-state index contributed by atoms with van der Waals surface area (Å²) >= 11 is 0. The molecule has 9 nitrogen and oxygen atoms in total. The summed E-state index contributed by atoms with van der Waals surface area (Å²) in [4.78, 5) is 24.2. The van der Waals surface area contributed by atoms with Crippen LogP contribution >= 0.6 is 0 Å². The number of amides is 3. The summed E-state index contributed by atoms with van der Waals surface area (Å²) in [6.07, 6.45) is 1.92. The van der Waals surface area contributed by atoms with E-state index in [-0.39, 0.29) is 25.6 Å². The lowest BCUT2D eigenvalue weighted by atomic mass is 9.97.